The van der Waals surface area contributed by atoms with Crippen molar-refractivity contribution in [3.8, 4) is 0 Å². The monoisotopic (exact) mass is 417 g/mol. The van der Waals surface area contributed by atoms with Crippen LogP contribution < -0.4 is 16.7 Å². The van der Waals surface area contributed by atoms with Gasteiger partial charge in [-0.2, -0.15) is 0 Å². The number of carbonyl (C=O) groups excluding carboxylic acids is 1. The zero-order valence-corrected chi connectivity index (χ0v) is 16.7. The highest BCUT2D eigenvalue weighted by Gasteiger charge is 2.38. The number of fused-ring (bicyclic) bond motifs is 1. The van der Waals surface area contributed by atoms with Crippen LogP contribution in [0.25, 0.3) is 5.65 Å². The van der Waals surface area contributed by atoms with Crippen molar-refractivity contribution < 1.29 is 9.53 Å². The lowest BCUT2D eigenvalue weighted by molar-refractivity contribution is -0.130. The Balaban J connectivity index is 0.00000240. The van der Waals surface area contributed by atoms with E-state index in [1.807, 2.05) is 30.3 Å². The molecule has 0 spiro atoms. The Morgan fingerprint density at radius 3 is 2.72 bits per heavy atom. The number of pyridine rings is 1. The third kappa shape index (κ3) is 4.19. The minimum absolute atomic E-state index is 0. The lowest BCUT2D eigenvalue weighted by atomic mass is 9.79. The summed E-state index contributed by atoms with van der Waals surface area (Å²) in [4.78, 5) is 25.3. The first-order valence-electron chi connectivity index (χ1n) is 9.34. The zero-order chi connectivity index (χ0) is 19.6. The number of anilines is 1. The maximum absolute atomic E-state index is 12.8. The van der Waals surface area contributed by atoms with E-state index in [0.717, 1.165) is 5.56 Å². The molecular formula is C20H24ClN5O3. The van der Waals surface area contributed by atoms with Gasteiger partial charge in [-0.15, -0.1) is 17.5 Å². The van der Waals surface area contributed by atoms with Crippen LogP contribution in [0.3, 0.4) is 0 Å². The largest absolute Gasteiger partial charge is 0.381 e. The van der Waals surface area contributed by atoms with Crippen molar-refractivity contribution in [2.75, 3.05) is 25.1 Å². The van der Waals surface area contributed by atoms with Gasteiger partial charge in [-0.05, 0) is 42.7 Å². The molecule has 1 fully saturated rings. The topological polar surface area (TPSA) is 104 Å². The standard InChI is InChI=1S/C20H23N5O3.ClH/c21-14-20(7-10-28-11-8-20)18(26)22-16-5-3-4-15(12-16)13-25-19(27)24-9-2-1-6-17(24)23-25;/h1-6,9,12H,7-8,10-11,13-14,21H2,(H,22,26);1H. The molecule has 3 heterocycles. The lowest BCUT2D eigenvalue weighted by Crippen LogP contribution is -2.46. The molecule has 0 bridgehead atoms. The molecule has 4 rings (SSSR count). The molecule has 8 nitrogen and oxygen atoms in total. The van der Waals surface area contributed by atoms with Gasteiger partial charge in [0.2, 0.25) is 5.91 Å². The number of benzene rings is 1. The Morgan fingerprint density at radius 1 is 1.21 bits per heavy atom. The number of aromatic nitrogens is 3. The molecule has 0 radical (unpaired) electrons. The Kier molecular flexibility index (Phi) is 6.36. The van der Waals surface area contributed by atoms with Crippen LogP contribution in [0, 0.1) is 5.41 Å². The van der Waals surface area contributed by atoms with Gasteiger partial charge in [-0.25, -0.2) is 9.48 Å². The minimum atomic E-state index is -0.590. The van der Waals surface area contributed by atoms with Gasteiger partial charge < -0.3 is 15.8 Å². The van der Waals surface area contributed by atoms with E-state index in [0.29, 0.717) is 50.5 Å². The molecule has 2 aromatic heterocycles. The zero-order valence-electron chi connectivity index (χ0n) is 15.9. The highest BCUT2D eigenvalue weighted by Crippen LogP contribution is 2.31. The van der Waals surface area contributed by atoms with Crippen LogP contribution >= 0.6 is 12.4 Å². The number of nitrogens with one attached hydrogen (secondary N) is 1. The van der Waals surface area contributed by atoms with Gasteiger partial charge in [0, 0.05) is 31.6 Å². The highest BCUT2D eigenvalue weighted by atomic mass is 35.5. The highest BCUT2D eigenvalue weighted by molar-refractivity contribution is 5.95. The maximum Gasteiger partial charge on any atom is 0.350 e. The van der Waals surface area contributed by atoms with E-state index in [2.05, 4.69) is 10.4 Å². The lowest BCUT2D eigenvalue weighted by Gasteiger charge is -2.34. The number of amides is 1. The summed E-state index contributed by atoms with van der Waals surface area (Å²) in [6.07, 6.45) is 2.93. The van der Waals surface area contributed by atoms with Gasteiger partial charge in [0.25, 0.3) is 0 Å². The number of hydrogen-bond donors (Lipinski definition) is 2. The second-order valence-electron chi connectivity index (χ2n) is 7.12. The second kappa shape index (κ2) is 8.77. The molecule has 0 atom stereocenters. The van der Waals surface area contributed by atoms with E-state index in [9.17, 15) is 9.59 Å². The van der Waals surface area contributed by atoms with Gasteiger partial charge in [0.05, 0.1) is 12.0 Å². The van der Waals surface area contributed by atoms with E-state index < -0.39 is 5.41 Å². The Hall–Kier alpha value is -2.68. The van der Waals surface area contributed by atoms with Crippen molar-refractivity contribution in [2.24, 2.45) is 11.1 Å². The van der Waals surface area contributed by atoms with Crippen LogP contribution in [0.5, 0.6) is 0 Å². The summed E-state index contributed by atoms with van der Waals surface area (Å²) < 4.78 is 8.29. The smallest absolute Gasteiger partial charge is 0.350 e. The summed E-state index contributed by atoms with van der Waals surface area (Å²) in [5.74, 6) is -0.0830. The van der Waals surface area contributed by atoms with Crippen molar-refractivity contribution >= 4 is 29.6 Å². The third-order valence-electron chi connectivity index (χ3n) is 5.33. The average Bonchev–Trinajstić information content (AvgIpc) is 3.04. The first-order valence-corrected chi connectivity index (χ1v) is 9.34. The molecule has 1 aliphatic heterocycles. The van der Waals surface area contributed by atoms with Crippen LogP contribution in [0.1, 0.15) is 18.4 Å². The van der Waals surface area contributed by atoms with Crippen molar-refractivity contribution in [2.45, 2.75) is 19.4 Å². The van der Waals surface area contributed by atoms with Gasteiger partial charge >= 0.3 is 5.69 Å². The van der Waals surface area contributed by atoms with Crippen molar-refractivity contribution in [1.82, 2.24) is 14.2 Å². The average molecular weight is 418 g/mol. The van der Waals surface area contributed by atoms with Crippen molar-refractivity contribution in [3.63, 3.8) is 0 Å². The van der Waals surface area contributed by atoms with Crippen LogP contribution in [-0.2, 0) is 16.1 Å². The molecule has 9 heteroatoms. The molecule has 0 aliphatic carbocycles. The molecule has 0 saturated carbocycles. The van der Waals surface area contributed by atoms with Crippen molar-refractivity contribution in [1.29, 1.82) is 0 Å². The van der Waals surface area contributed by atoms with Crippen LogP contribution in [0.15, 0.2) is 53.5 Å². The number of nitrogens with zero attached hydrogens (tertiary/aromatic N) is 3. The Labute approximate surface area is 174 Å². The molecule has 1 amide bonds. The molecule has 29 heavy (non-hydrogen) atoms. The van der Waals surface area contributed by atoms with Crippen molar-refractivity contribution in [3.05, 3.63) is 64.7 Å². The quantitative estimate of drug-likeness (QED) is 0.657. The predicted octanol–water partition coefficient (Wildman–Crippen LogP) is 1.66. The normalized spacial score (nSPS) is 15.6. The summed E-state index contributed by atoms with van der Waals surface area (Å²) in [6, 6.07) is 12.9. The fourth-order valence-electron chi connectivity index (χ4n) is 3.54. The molecule has 154 valence electrons. The van der Waals surface area contributed by atoms with Gasteiger partial charge in [-0.1, -0.05) is 18.2 Å². The first kappa shape index (κ1) is 21.0. The summed E-state index contributed by atoms with van der Waals surface area (Å²) in [7, 11) is 0. The number of rotatable bonds is 5. The number of nitrogens with two attached hydrogens (primary N) is 1. The molecule has 1 aromatic carbocycles. The van der Waals surface area contributed by atoms with E-state index >= 15 is 0 Å². The predicted molar refractivity (Wildman–Crippen MR) is 112 cm³/mol. The summed E-state index contributed by atoms with van der Waals surface area (Å²) in [5, 5.41) is 7.33. The summed E-state index contributed by atoms with van der Waals surface area (Å²) in [6.45, 7) is 1.70. The van der Waals surface area contributed by atoms with Gasteiger partial charge in [-0.3, -0.25) is 9.20 Å². The summed E-state index contributed by atoms with van der Waals surface area (Å²) in [5.41, 5.74) is 7.27. The van der Waals surface area contributed by atoms with Crippen LogP contribution in [0.2, 0.25) is 0 Å². The van der Waals surface area contributed by atoms with Gasteiger partial charge in [0.1, 0.15) is 0 Å². The SMILES string of the molecule is Cl.NCC1(C(=O)Nc2cccc(Cn3nc4ccccn4c3=O)c2)CCOCC1. The second-order valence-corrected chi connectivity index (χ2v) is 7.12. The number of halogens is 1. The maximum atomic E-state index is 12.8. The number of carbonyl (C=O) groups is 1. The van der Waals surface area contributed by atoms with Crippen LogP contribution in [0.4, 0.5) is 5.69 Å². The molecule has 0 unspecified atom stereocenters. The van der Waals surface area contributed by atoms with E-state index in [1.165, 1.54) is 9.08 Å². The molecule has 1 aliphatic rings. The molecular weight excluding hydrogens is 394 g/mol. The minimum Gasteiger partial charge on any atom is -0.381 e. The number of hydrogen-bond acceptors (Lipinski definition) is 5. The number of ether oxygens (including phenoxy) is 1. The molecule has 3 aromatic rings. The Bertz CT molecular complexity index is 1060. The van der Waals surface area contributed by atoms with E-state index in [4.69, 9.17) is 10.5 Å². The van der Waals surface area contributed by atoms with E-state index in [-0.39, 0.29) is 24.0 Å². The first-order chi connectivity index (χ1) is 13.6. The molecule has 3 N–H and O–H groups in total. The fraction of sp³-hybridized carbons (Fsp3) is 0.350. The fourth-order valence-corrected chi connectivity index (χ4v) is 3.54. The Morgan fingerprint density at radius 2 is 2.00 bits per heavy atom. The van der Waals surface area contributed by atoms with E-state index in [1.54, 1.807) is 18.3 Å². The van der Waals surface area contributed by atoms with Gasteiger partial charge in [0.15, 0.2) is 5.65 Å². The van der Waals surface area contributed by atoms with Crippen LogP contribution in [-0.4, -0.2) is 39.8 Å². The third-order valence-corrected chi connectivity index (χ3v) is 5.33. The molecule has 1 saturated heterocycles. The summed E-state index contributed by atoms with van der Waals surface area (Å²) >= 11 is 0.